The van der Waals surface area contributed by atoms with Gasteiger partial charge in [0.25, 0.3) is 5.91 Å². The Morgan fingerprint density at radius 2 is 2.24 bits per heavy atom. The zero-order valence-corrected chi connectivity index (χ0v) is 14.4. The molecule has 1 unspecified atom stereocenters. The highest BCUT2D eigenvalue weighted by molar-refractivity contribution is 5.99. The molecule has 2 heterocycles. The van der Waals surface area contributed by atoms with E-state index in [-0.39, 0.29) is 11.9 Å². The maximum absolute atomic E-state index is 12.8. The number of nitrogens with zero attached hydrogens (tertiary/aromatic N) is 1. The molecular formula is C20H21N3O2. The summed E-state index contributed by atoms with van der Waals surface area (Å²) >= 11 is 0. The molecule has 5 heteroatoms. The van der Waals surface area contributed by atoms with E-state index >= 15 is 0 Å². The Bertz CT molecular complexity index is 894. The van der Waals surface area contributed by atoms with E-state index in [2.05, 4.69) is 47.6 Å². The molecule has 0 spiro atoms. The van der Waals surface area contributed by atoms with Gasteiger partial charge in [-0.15, -0.1) is 0 Å². The molecule has 128 valence electrons. The van der Waals surface area contributed by atoms with Crippen LogP contribution in [0.2, 0.25) is 0 Å². The third kappa shape index (κ3) is 2.86. The zero-order valence-electron chi connectivity index (χ0n) is 14.4. The van der Waals surface area contributed by atoms with Crippen LogP contribution in [0.4, 0.5) is 0 Å². The molecule has 0 saturated carbocycles. The van der Waals surface area contributed by atoms with Gasteiger partial charge in [0.1, 0.15) is 0 Å². The monoisotopic (exact) mass is 335 g/mol. The van der Waals surface area contributed by atoms with Crippen molar-refractivity contribution in [2.24, 2.45) is 0 Å². The molecule has 0 radical (unpaired) electrons. The third-order valence-corrected chi connectivity index (χ3v) is 4.91. The van der Waals surface area contributed by atoms with Crippen LogP contribution in [0.5, 0.6) is 0 Å². The highest BCUT2D eigenvalue weighted by Crippen LogP contribution is 2.34. The summed E-state index contributed by atoms with van der Waals surface area (Å²) in [5.41, 5.74) is 5.92. The topological polar surface area (TPSA) is 70.9 Å². The molecule has 3 aromatic rings. The Morgan fingerprint density at radius 3 is 3.00 bits per heavy atom. The van der Waals surface area contributed by atoms with Gasteiger partial charge in [0, 0.05) is 5.56 Å². The fourth-order valence-corrected chi connectivity index (χ4v) is 3.45. The first-order valence-electron chi connectivity index (χ1n) is 8.63. The van der Waals surface area contributed by atoms with Gasteiger partial charge in [0.05, 0.1) is 36.0 Å². The second-order valence-corrected chi connectivity index (χ2v) is 6.85. The van der Waals surface area contributed by atoms with E-state index in [0.29, 0.717) is 17.2 Å². The van der Waals surface area contributed by atoms with Crippen molar-refractivity contribution in [3.05, 3.63) is 65.2 Å². The molecule has 25 heavy (non-hydrogen) atoms. The SMILES string of the molecule is CC(C)c1ccc2c(c1)C(NC(=O)c1cn[nH]c1-c1ccoc1)CC2. The average Bonchev–Trinajstić information content (AvgIpc) is 3.34. The van der Waals surface area contributed by atoms with Gasteiger partial charge in [-0.3, -0.25) is 9.89 Å². The molecule has 1 amide bonds. The van der Waals surface area contributed by atoms with Gasteiger partial charge in [-0.25, -0.2) is 0 Å². The number of aromatic nitrogens is 2. The first-order valence-corrected chi connectivity index (χ1v) is 8.63. The van der Waals surface area contributed by atoms with Gasteiger partial charge >= 0.3 is 0 Å². The fraction of sp³-hybridized carbons (Fsp3) is 0.300. The lowest BCUT2D eigenvalue weighted by Crippen LogP contribution is -2.27. The van der Waals surface area contributed by atoms with Gasteiger partial charge in [-0.2, -0.15) is 5.10 Å². The summed E-state index contributed by atoms with van der Waals surface area (Å²) in [4.78, 5) is 12.8. The predicted octanol–water partition coefficient (Wildman–Crippen LogP) is 4.21. The molecular weight excluding hydrogens is 314 g/mol. The second kappa shape index (κ2) is 6.24. The van der Waals surface area contributed by atoms with Crippen molar-refractivity contribution in [2.75, 3.05) is 0 Å². The predicted molar refractivity (Wildman–Crippen MR) is 95.3 cm³/mol. The van der Waals surface area contributed by atoms with E-state index in [9.17, 15) is 4.79 Å². The van der Waals surface area contributed by atoms with Crippen molar-refractivity contribution in [3.8, 4) is 11.3 Å². The van der Waals surface area contributed by atoms with Crippen LogP contribution in [0, 0.1) is 0 Å². The van der Waals surface area contributed by atoms with Crippen LogP contribution in [0.1, 0.15) is 59.3 Å². The number of hydrogen-bond acceptors (Lipinski definition) is 3. The summed E-state index contributed by atoms with van der Waals surface area (Å²) in [6, 6.07) is 8.49. The molecule has 1 aliphatic rings. The molecule has 4 rings (SSSR count). The highest BCUT2D eigenvalue weighted by atomic mass is 16.3. The van der Waals surface area contributed by atoms with Crippen molar-refractivity contribution in [1.82, 2.24) is 15.5 Å². The fourth-order valence-electron chi connectivity index (χ4n) is 3.45. The summed E-state index contributed by atoms with van der Waals surface area (Å²) in [6.07, 6.45) is 6.68. The lowest BCUT2D eigenvalue weighted by Gasteiger charge is -2.16. The van der Waals surface area contributed by atoms with Crippen LogP contribution >= 0.6 is 0 Å². The number of nitrogens with one attached hydrogen (secondary N) is 2. The number of H-pyrrole nitrogens is 1. The zero-order chi connectivity index (χ0) is 17.4. The standard InChI is InChI=1S/C20H21N3O2/c1-12(2)14-4-3-13-5-6-18(16(13)9-14)22-20(24)17-10-21-23-19(17)15-7-8-25-11-15/h3-4,7-12,18H,5-6H2,1-2H3,(H,21,23)(H,22,24). The Balaban J connectivity index is 1.58. The minimum Gasteiger partial charge on any atom is -0.472 e. The number of hydrogen-bond donors (Lipinski definition) is 2. The largest absolute Gasteiger partial charge is 0.472 e. The molecule has 1 aromatic carbocycles. The summed E-state index contributed by atoms with van der Waals surface area (Å²) in [6.45, 7) is 4.37. The Morgan fingerprint density at radius 1 is 1.36 bits per heavy atom. The summed E-state index contributed by atoms with van der Waals surface area (Å²) in [5, 5.41) is 10.1. The van der Waals surface area contributed by atoms with Crippen LogP contribution in [-0.2, 0) is 6.42 Å². The van der Waals surface area contributed by atoms with Gasteiger partial charge in [0.2, 0.25) is 0 Å². The van der Waals surface area contributed by atoms with E-state index in [1.807, 2.05) is 6.07 Å². The summed E-state index contributed by atoms with van der Waals surface area (Å²) in [5.74, 6) is 0.363. The van der Waals surface area contributed by atoms with E-state index in [0.717, 1.165) is 18.4 Å². The van der Waals surface area contributed by atoms with Crippen molar-refractivity contribution in [2.45, 2.75) is 38.6 Å². The van der Waals surface area contributed by atoms with Crippen LogP contribution in [0.25, 0.3) is 11.3 Å². The van der Waals surface area contributed by atoms with E-state index in [1.165, 1.54) is 16.7 Å². The molecule has 1 aliphatic carbocycles. The molecule has 0 fully saturated rings. The van der Waals surface area contributed by atoms with E-state index in [4.69, 9.17) is 4.42 Å². The average molecular weight is 335 g/mol. The Hall–Kier alpha value is -2.82. The number of aromatic amines is 1. The van der Waals surface area contributed by atoms with Crippen molar-refractivity contribution >= 4 is 5.91 Å². The maximum atomic E-state index is 12.8. The highest BCUT2D eigenvalue weighted by Gasteiger charge is 2.26. The molecule has 0 aliphatic heterocycles. The van der Waals surface area contributed by atoms with Crippen LogP contribution < -0.4 is 5.32 Å². The molecule has 0 saturated heterocycles. The normalized spacial score (nSPS) is 16.2. The van der Waals surface area contributed by atoms with Gasteiger partial charge in [0.15, 0.2) is 0 Å². The molecule has 2 aromatic heterocycles. The van der Waals surface area contributed by atoms with E-state index in [1.54, 1.807) is 18.7 Å². The number of rotatable bonds is 4. The summed E-state index contributed by atoms with van der Waals surface area (Å²) in [7, 11) is 0. The number of benzene rings is 1. The van der Waals surface area contributed by atoms with Crippen molar-refractivity contribution in [3.63, 3.8) is 0 Å². The second-order valence-electron chi connectivity index (χ2n) is 6.85. The van der Waals surface area contributed by atoms with Crippen LogP contribution in [0.15, 0.2) is 47.4 Å². The lowest BCUT2D eigenvalue weighted by atomic mass is 9.97. The third-order valence-electron chi connectivity index (χ3n) is 4.91. The van der Waals surface area contributed by atoms with E-state index < -0.39 is 0 Å². The van der Waals surface area contributed by atoms with Gasteiger partial charge in [-0.05, 0) is 41.5 Å². The minimum atomic E-state index is -0.113. The molecule has 5 nitrogen and oxygen atoms in total. The van der Waals surface area contributed by atoms with Crippen LogP contribution in [0.3, 0.4) is 0 Å². The number of carbonyl (C=O) groups excluding carboxylic acids is 1. The lowest BCUT2D eigenvalue weighted by molar-refractivity contribution is 0.0937. The minimum absolute atomic E-state index is 0.0494. The first-order chi connectivity index (χ1) is 12.1. The smallest absolute Gasteiger partial charge is 0.255 e. The first kappa shape index (κ1) is 15.7. The molecule has 1 atom stereocenters. The number of aryl methyl sites for hydroxylation is 1. The number of fused-ring (bicyclic) bond motifs is 1. The molecule has 0 bridgehead atoms. The quantitative estimate of drug-likeness (QED) is 0.750. The number of carbonyl (C=O) groups is 1. The van der Waals surface area contributed by atoms with Gasteiger partial charge in [-0.1, -0.05) is 32.0 Å². The summed E-state index contributed by atoms with van der Waals surface area (Å²) < 4.78 is 5.11. The number of furan rings is 1. The van der Waals surface area contributed by atoms with Crippen molar-refractivity contribution in [1.29, 1.82) is 0 Å². The maximum Gasteiger partial charge on any atom is 0.255 e. The Kier molecular flexibility index (Phi) is 3.92. The Labute approximate surface area is 146 Å². The molecule has 2 N–H and O–H groups in total. The van der Waals surface area contributed by atoms with Gasteiger partial charge < -0.3 is 9.73 Å². The van der Waals surface area contributed by atoms with Crippen LogP contribution in [-0.4, -0.2) is 16.1 Å². The van der Waals surface area contributed by atoms with Crippen molar-refractivity contribution < 1.29 is 9.21 Å². The number of amides is 1.